The molecule has 130 valence electrons. The molecule has 0 saturated heterocycles. The Labute approximate surface area is 132 Å². The Balaban J connectivity index is 2.57. The van der Waals surface area contributed by atoms with Gasteiger partial charge in [0.2, 0.25) is 5.82 Å². The Morgan fingerprint density at radius 3 is 1.96 bits per heavy atom. The van der Waals surface area contributed by atoms with E-state index in [9.17, 15) is 35.5 Å². The van der Waals surface area contributed by atoms with Crippen molar-refractivity contribution >= 4 is 15.7 Å². The fraction of sp³-hybridized carbons (Fsp3) is 0.0769. The molecule has 0 amide bonds. The van der Waals surface area contributed by atoms with Gasteiger partial charge >= 0.3 is 0 Å². The lowest BCUT2D eigenvalue weighted by Crippen LogP contribution is -2.19. The lowest BCUT2D eigenvalue weighted by Gasteiger charge is -2.12. The largest absolute Gasteiger partial charge is 0.504 e. The van der Waals surface area contributed by atoms with E-state index < -0.39 is 44.0 Å². The Kier molecular flexibility index (Phi) is 4.56. The van der Waals surface area contributed by atoms with Gasteiger partial charge in [-0.3, -0.25) is 4.72 Å². The van der Waals surface area contributed by atoms with Crippen LogP contribution in [0.5, 0.6) is 11.5 Å². The van der Waals surface area contributed by atoms with Crippen LogP contribution in [-0.4, -0.2) is 20.6 Å². The van der Waals surface area contributed by atoms with Gasteiger partial charge in [0.1, 0.15) is 0 Å². The molecule has 0 saturated carbocycles. The van der Waals surface area contributed by atoms with Gasteiger partial charge in [-0.2, -0.15) is 0 Å². The summed E-state index contributed by atoms with van der Waals surface area (Å²) in [6.45, 7) is 0. The van der Waals surface area contributed by atoms with Gasteiger partial charge in [-0.1, -0.05) is 0 Å². The number of anilines is 1. The third-order valence-corrected chi connectivity index (χ3v) is 4.27. The summed E-state index contributed by atoms with van der Waals surface area (Å²) < 4.78 is 96.8. The van der Waals surface area contributed by atoms with Gasteiger partial charge in [-0.15, -0.1) is 0 Å². The number of methoxy groups -OCH3 is 1. The summed E-state index contributed by atoms with van der Waals surface area (Å²) in [5.74, 6) is -12.8. The van der Waals surface area contributed by atoms with E-state index in [4.69, 9.17) is 4.74 Å². The molecule has 0 aliphatic heterocycles. The van der Waals surface area contributed by atoms with Crippen molar-refractivity contribution in [2.75, 3.05) is 11.8 Å². The van der Waals surface area contributed by atoms with E-state index >= 15 is 0 Å². The molecule has 2 aromatic carbocycles. The Bertz CT molecular complexity index is 888. The van der Waals surface area contributed by atoms with Crippen molar-refractivity contribution in [1.29, 1.82) is 0 Å². The van der Waals surface area contributed by atoms with E-state index in [1.54, 1.807) is 4.72 Å². The average molecular weight is 369 g/mol. The van der Waals surface area contributed by atoms with Crippen LogP contribution in [0.3, 0.4) is 0 Å². The molecule has 24 heavy (non-hydrogen) atoms. The number of benzene rings is 2. The lowest BCUT2D eigenvalue weighted by molar-refractivity contribution is 0.358. The fourth-order valence-corrected chi connectivity index (χ4v) is 2.96. The second kappa shape index (κ2) is 6.15. The third-order valence-electron chi connectivity index (χ3n) is 2.87. The Morgan fingerprint density at radius 1 is 0.958 bits per heavy atom. The van der Waals surface area contributed by atoms with Gasteiger partial charge in [0, 0.05) is 6.07 Å². The minimum Gasteiger partial charge on any atom is -0.504 e. The smallest absolute Gasteiger partial charge is 0.267 e. The molecule has 2 rings (SSSR count). The van der Waals surface area contributed by atoms with Crippen LogP contribution in [0.1, 0.15) is 0 Å². The minimum atomic E-state index is -5.16. The van der Waals surface area contributed by atoms with Gasteiger partial charge in [0.05, 0.1) is 12.8 Å². The maximum atomic E-state index is 13.6. The second-order valence-corrected chi connectivity index (χ2v) is 6.01. The third kappa shape index (κ3) is 2.94. The number of halogens is 5. The molecule has 0 fully saturated rings. The lowest BCUT2D eigenvalue weighted by atomic mass is 10.3. The van der Waals surface area contributed by atoms with E-state index in [-0.39, 0.29) is 17.2 Å². The summed E-state index contributed by atoms with van der Waals surface area (Å²) in [6.07, 6.45) is 0. The molecule has 0 aliphatic carbocycles. The number of phenolic OH excluding ortho intramolecular Hbond substituents is 1. The van der Waals surface area contributed by atoms with Crippen LogP contribution < -0.4 is 9.46 Å². The molecule has 2 N–H and O–H groups in total. The second-order valence-electron chi connectivity index (χ2n) is 4.39. The van der Waals surface area contributed by atoms with Gasteiger partial charge in [-0.25, -0.2) is 30.4 Å². The topological polar surface area (TPSA) is 75.6 Å². The predicted molar refractivity (Wildman–Crippen MR) is 71.7 cm³/mol. The molecular weight excluding hydrogens is 361 g/mol. The SMILES string of the molecule is COc1cc(NS(=O)(=O)c2c(F)c(F)c(F)c(F)c2F)ccc1O. The van der Waals surface area contributed by atoms with Crippen LogP contribution >= 0.6 is 0 Å². The van der Waals surface area contributed by atoms with E-state index in [0.29, 0.717) is 0 Å². The number of hydrogen-bond donors (Lipinski definition) is 2. The molecule has 0 unspecified atom stereocenters. The summed E-state index contributed by atoms with van der Waals surface area (Å²) in [7, 11) is -4.01. The molecule has 0 aliphatic rings. The van der Waals surface area contributed by atoms with Crippen molar-refractivity contribution in [3.05, 3.63) is 47.3 Å². The van der Waals surface area contributed by atoms with E-state index in [0.717, 1.165) is 25.3 Å². The first-order valence-electron chi connectivity index (χ1n) is 6.01. The maximum Gasteiger partial charge on any atom is 0.267 e. The first-order chi connectivity index (χ1) is 11.1. The predicted octanol–water partition coefficient (Wildman–Crippen LogP) is 2.90. The van der Waals surface area contributed by atoms with Crippen LogP contribution in [0.4, 0.5) is 27.6 Å². The van der Waals surface area contributed by atoms with Gasteiger partial charge in [-0.05, 0) is 12.1 Å². The van der Waals surface area contributed by atoms with E-state index in [2.05, 4.69) is 0 Å². The first-order valence-corrected chi connectivity index (χ1v) is 7.49. The molecule has 0 spiro atoms. The highest BCUT2D eigenvalue weighted by Gasteiger charge is 2.33. The number of sulfonamides is 1. The minimum absolute atomic E-state index is 0.187. The van der Waals surface area contributed by atoms with E-state index in [1.807, 2.05) is 0 Å². The zero-order chi connectivity index (χ0) is 18.2. The average Bonchev–Trinajstić information content (AvgIpc) is 2.52. The highest BCUT2D eigenvalue weighted by Crippen LogP contribution is 2.32. The van der Waals surface area contributed by atoms with Crippen molar-refractivity contribution in [1.82, 2.24) is 0 Å². The van der Waals surface area contributed by atoms with Crippen molar-refractivity contribution in [3.8, 4) is 11.5 Å². The molecule has 0 heterocycles. The van der Waals surface area contributed by atoms with Gasteiger partial charge in [0.25, 0.3) is 10.0 Å². The fourth-order valence-electron chi connectivity index (χ4n) is 1.77. The zero-order valence-electron chi connectivity index (χ0n) is 11.7. The molecule has 2 aromatic rings. The number of hydrogen-bond acceptors (Lipinski definition) is 4. The van der Waals surface area contributed by atoms with Crippen LogP contribution in [0.2, 0.25) is 0 Å². The van der Waals surface area contributed by atoms with Crippen LogP contribution in [0, 0.1) is 29.1 Å². The first kappa shape index (κ1) is 17.8. The molecule has 11 heteroatoms. The zero-order valence-corrected chi connectivity index (χ0v) is 12.5. The summed E-state index contributed by atoms with van der Waals surface area (Å²) in [5, 5.41) is 9.38. The van der Waals surface area contributed by atoms with Crippen LogP contribution in [0.25, 0.3) is 0 Å². The summed E-state index contributed by atoms with van der Waals surface area (Å²) in [6, 6.07) is 2.93. The van der Waals surface area contributed by atoms with Crippen LogP contribution in [-0.2, 0) is 10.0 Å². The van der Waals surface area contributed by atoms with E-state index in [1.165, 1.54) is 0 Å². The van der Waals surface area contributed by atoms with Gasteiger partial charge in [0.15, 0.2) is 39.7 Å². The van der Waals surface area contributed by atoms with Crippen LogP contribution in [0.15, 0.2) is 23.1 Å². The molecule has 0 bridgehead atoms. The maximum absolute atomic E-state index is 13.6. The molecule has 0 radical (unpaired) electrons. The molecule has 0 aromatic heterocycles. The summed E-state index contributed by atoms with van der Waals surface area (Å²) in [5.41, 5.74) is -0.339. The Morgan fingerprint density at radius 2 is 1.46 bits per heavy atom. The summed E-state index contributed by atoms with van der Waals surface area (Å²) >= 11 is 0. The Hall–Kier alpha value is -2.56. The number of aromatic hydroxyl groups is 1. The highest BCUT2D eigenvalue weighted by molar-refractivity contribution is 7.92. The number of phenols is 1. The number of rotatable bonds is 4. The van der Waals surface area contributed by atoms with Crippen molar-refractivity contribution in [2.24, 2.45) is 0 Å². The van der Waals surface area contributed by atoms with Gasteiger partial charge < -0.3 is 9.84 Å². The standard InChI is InChI=1S/C13H8F5NO4S/c1-23-7-4-5(2-3-6(7)20)19-24(21,22)13-11(17)9(15)8(14)10(16)12(13)18/h2-4,19-20H,1H3. The highest BCUT2D eigenvalue weighted by atomic mass is 32.2. The number of nitrogens with one attached hydrogen (secondary N) is 1. The van der Waals surface area contributed by atoms with Crippen molar-refractivity contribution in [3.63, 3.8) is 0 Å². The quantitative estimate of drug-likeness (QED) is 0.376. The molecule has 0 atom stereocenters. The van der Waals surface area contributed by atoms with Crippen molar-refractivity contribution in [2.45, 2.75) is 4.90 Å². The van der Waals surface area contributed by atoms with Crippen molar-refractivity contribution < 1.29 is 40.2 Å². The molecule has 5 nitrogen and oxygen atoms in total. The summed E-state index contributed by atoms with van der Waals surface area (Å²) in [4.78, 5) is -2.02. The number of ether oxygens (including phenoxy) is 1. The molecular formula is C13H8F5NO4S. The monoisotopic (exact) mass is 369 g/mol. The normalized spacial score (nSPS) is 11.4.